The van der Waals surface area contributed by atoms with Gasteiger partial charge in [-0.2, -0.15) is 0 Å². The van der Waals surface area contributed by atoms with Crippen LogP contribution in [0.2, 0.25) is 0 Å². The highest BCUT2D eigenvalue weighted by atomic mass is 16.7. The van der Waals surface area contributed by atoms with Crippen molar-refractivity contribution in [3.63, 3.8) is 0 Å². The molecule has 1 rings (SSSR count). The van der Waals surface area contributed by atoms with E-state index in [0.29, 0.717) is 11.6 Å². The summed E-state index contributed by atoms with van der Waals surface area (Å²) in [5.74, 6) is 0.362. The average Bonchev–Trinajstić information content (AvgIpc) is 2.10. The monoisotopic (exact) mass is 214 g/mol. The lowest BCUT2D eigenvalue weighted by Crippen LogP contribution is -2.53. The van der Waals surface area contributed by atoms with Crippen molar-refractivity contribution in [3.05, 3.63) is 0 Å². The van der Waals surface area contributed by atoms with Crippen LogP contribution in [0.1, 0.15) is 34.6 Å². The molecule has 5 nitrogen and oxygen atoms in total. The van der Waals surface area contributed by atoms with Gasteiger partial charge in [-0.15, -0.1) is 0 Å². The molecule has 0 aliphatic carbocycles. The maximum atomic E-state index is 5.72. The number of hydrogen-bond acceptors (Lipinski definition) is 5. The second kappa shape index (κ2) is 3.72. The number of ether oxygens (including phenoxy) is 1. The van der Waals surface area contributed by atoms with Gasteiger partial charge in [0, 0.05) is 0 Å². The fraction of sp³-hybridized carbons (Fsp3) is 0.800. The van der Waals surface area contributed by atoms with Crippen molar-refractivity contribution in [2.24, 2.45) is 10.3 Å². The van der Waals surface area contributed by atoms with Crippen molar-refractivity contribution >= 4 is 11.6 Å². The summed E-state index contributed by atoms with van der Waals surface area (Å²) < 4.78 is 5.72. The van der Waals surface area contributed by atoms with E-state index in [1.54, 1.807) is 6.92 Å². The normalized spacial score (nSPS) is 23.6. The first-order valence-electron chi connectivity index (χ1n) is 4.83. The maximum absolute atomic E-state index is 5.72. The highest BCUT2D eigenvalue weighted by molar-refractivity contribution is 6.37. The molecule has 0 fully saturated rings. The first kappa shape index (κ1) is 11.8. The Bertz CT molecular complexity index is 306. The predicted molar refractivity (Wildman–Crippen MR) is 57.9 cm³/mol. The molecule has 0 aromatic rings. The van der Waals surface area contributed by atoms with Gasteiger partial charge in [0.2, 0.25) is 0 Å². The zero-order valence-electron chi connectivity index (χ0n) is 10.1. The smallest absolute Gasteiger partial charge is 0.276 e. The number of hydrogen-bond donors (Lipinski definition) is 0. The van der Waals surface area contributed by atoms with E-state index in [2.05, 4.69) is 15.1 Å². The van der Waals surface area contributed by atoms with Crippen LogP contribution in [0, 0.1) is 0 Å². The lowest BCUT2D eigenvalue weighted by atomic mass is 9.89. The van der Waals surface area contributed by atoms with Crippen LogP contribution in [0.25, 0.3) is 0 Å². The fourth-order valence-electron chi connectivity index (χ4n) is 0.965. The highest BCUT2D eigenvalue weighted by Crippen LogP contribution is 2.32. The van der Waals surface area contributed by atoms with Gasteiger partial charge in [-0.3, -0.25) is 0 Å². The molecular weight excluding hydrogens is 196 g/mol. The summed E-state index contributed by atoms with van der Waals surface area (Å²) in [6, 6.07) is 0. The SMILES string of the molecule is CO/N=C(/C)C1=NOC(C)(C)C(C)(C)O1. The molecule has 0 aromatic heterocycles. The molecule has 0 radical (unpaired) electrons. The summed E-state index contributed by atoms with van der Waals surface area (Å²) in [7, 11) is 1.48. The zero-order valence-corrected chi connectivity index (χ0v) is 10.1. The Hall–Kier alpha value is -1.26. The number of nitrogens with zero attached hydrogens (tertiary/aromatic N) is 2. The first-order valence-corrected chi connectivity index (χ1v) is 4.83. The molecule has 0 saturated heterocycles. The Labute approximate surface area is 90.1 Å². The highest BCUT2D eigenvalue weighted by Gasteiger charge is 2.46. The Morgan fingerprint density at radius 2 is 1.87 bits per heavy atom. The van der Waals surface area contributed by atoms with E-state index in [9.17, 15) is 0 Å². The van der Waals surface area contributed by atoms with Crippen LogP contribution in [0.3, 0.4) is 0 Å². The molecule has 0 spiro atoms. The molecule has 0 atom stereocenters. The standard InChI is InChI=1S/C10H18N2O3/c1-7(11-13-6)8-12-15-10(4,5)9(2,3)14-8/h1-6H3/b11-7-. The van der Waals surface area contributed by atoms with Gasteiger partial charge in [0.05, 0.1) is 0 Å². The minimum Gasteiger partial charge on any atom is -0.464 e. The third kappa shape index (κ3) is 2.22. The first-order chi connectivity index (χ1) is 6.80. The van der Waals surface area contributed by atoms with Crippen LogP contribution in [0.4, 0.5) is 0 Å². The van der Waals surface area contributed by atoms with E-state index < -0.39 is 11.2 Å². The zero-order chi connectivity index (χ0) is 11.7. The van der Waals surface area contributed by atoms with Crippen LogP contribution < -0.4 is 0 Å². The van der Waals surface area contributed by atoms with Crippen molar-refractivity contribution in [2.45, 2.75) is 45.8 Å². The van der Waals surface area contributed by atoms with Crippen molar-refractivity contribution in [3.8, 4) is 0 Å². The molecule has 1 heterocycles. The van der Waals surface area contributed by atoms with E-state index in [0.717, 1.165) is 0 Å². The van der Waals surface area contributed by atoms with E-state index in [-0.39, 0.29) is 0 Å². The van der Waals surface area contributed by atoms with Gasteiger partial charge in [-0.05, 0) is 39.8 Å². The molecule has 1 aliphatic rings. The van der Waals surface area contributed by atoms with E-state index in [1.165, 1.54) is 7.11 Å². The molecule has 0 saturated carbocycles. The molecule has 5 heteroatoms. The third-order valence-corrected chi connectivity index (χ3v) is 2.70. The van der Waals surface area contributed by atoms with Crippen molar-refractivity contribution in [2.75, 3.05) is 7.11 Å². The van der Waals surface area contributed by atoms with Crippen molar-refractivity contribution in [1.82, 2.24) is 0 Å². The summed E-state index contributed by atoms with van der Waals surface area (Å²) >= 11 is 0. The lowest BCUT2D eigenvalue weighted by Gasteiger charge is -2.42. The lowest BCUT2D eigenvalue weighted by molar-refractivity contribution is -0.163. The van der Waals surface area contributed by atoms with Gasteiger partial charge in [0.15, 0.2) is 5.60 Å². The Morgan fingerprint density at radius 1 is 1.27 bits per heavy atom. The topological polar surface area (TPSA) is 52.4 Å². The summed E-state index contributed by atoms with van der Waals surface area (Å²) in [5.41, 5.74) is -0.376. The van der Waals surface area contributed by atoms with Crippen LogP contribution in [0.15, 0.2) is 10.3 Å². The van der Waals surface area contributed by atoms with Gasteiger partial charge in [-0.25, -0.2) is 0 Å². The van der Waals surface area contributed by atoms with Crippen LogP contribution in [-0.2, 0) is 14.4 Å². The molecule has 86 valence electrons. The van der Waals surface area contributed by atoms with Gasteiger partial charge >= 0.3 is 0 Å². The maximum Gasteiger partial charge on any atom is 0.276 e. The van der Waals surface area contributed by atoms with Crippen LogP contribution in [0.5, 0.6) is 0 Å². The Kier molecular flexibility index (Phi) is 2.93. The molecule has 15 heavy (non-hydrogen) atoms. The fourth-order valence-corrected chi connectivity index (χ4v) is 0.965. The number of rotatable bonds is 2. The molecule has 0 aromatic carbocycles. The van der Waals surface area contributed by atoms with Gasteiger partial charge in [0.25, 0.3) is 5.90 Å². The molecule has 0 amide bonds. The Morgan fingerprint density at radius 3 is 2.33 bits per heavy atom. The number of oxime groups is 2. The van der Waals surface area contributed by atoms with Gasteiger partial charge in [0.1, 0.15) is 18.4 Å². The largest absolute Gasteiger partial charge is 0.464 e. The summed E-state index contributed by atoms with van der Waals surface area (Å²) in [4.78, 5) is 10.0. The minimum absolute atomic E-state index is 0.362. The molecular formula is C10H18N2O3. The van der Waals surface area contributed by atoms with Gasteiger partial charge in [-0.1, -0.05) is 5.16 Å². The van der Waals surface area contributed by atoms with E-state index in [4.69, 9.17) is 9.57 Å². The molecule has 0 unspecified atom stereocenters. The average molecular weight is 214 g/mol. The summed E-state index contributed by atoms with van der Waals surface area (Å²) in [5, 5.41) is 7.62. The molecule has 1 aliphatic heterocycles. The summed E-state index contributed by atoms with van der Waals surface area (Å²) in [6.45, 7) is 9.50. The van der Waals surface area contributed by atoms with Crippen LogP contribution in [-0.4, -0.2) is 29.9 Å². The quantitative estimate of drug-likeness (QED) is 0.521. The van der Waals surface area contributed by atoms with E-state index in [1.807, 2.05) is 27.7 Å². The Balaban J connectivity index is 2.92. The third-order valence-electron chi connectivity index (χ3n) is 2.70. The summed E-state index contributed by atoms with van der Waals surface area (Å²) in [6.07, 6.45) is 0. The molecule has 0 N–H and O–H groups in total. The second-order valence-corrected chi connectivity index (χ2v) is 4.47. The van der Waals surface area contributed by atoms with Crippen molar-refractivity contribution in [1.29, 1.82) is 0 Å². The van der Waals surface area contributed by atoms with Gasteiger partial charge < -0.3 is 14.4 Å². The van der Waals surface area contributed by atoms with Crippen molar-refractivity contribution < 1.29 is 14.4 Å². The molecule has 0 bridgehead atoms. The second-order valence-electron chi connectivity index (χ2n) is 4.47. The van der Waals surface area contributed by atoms with Crippen LogP contribution >= 0.6 is 0 Å². The minimum atomic E-state index is -0.468. The predicted octanol–water partition coefficient (Wildman–Crippen LogP) is 1.93. The van der Waals surface area contributed by atoms with E-state index >= 15 is 0 Å².